The molecule has 0 radical (unpaired) electrons. The Bertz CT molecular complexity index is 110. The van der Waals surface area contributed by atoms with Crippen molar-refractivity contribution < 1.29 is 20.8 Å². The zero-order chi connectivity index (χ0) is 8.41. The van der Waals surface area contributed by atoms with Gasteiger partial charge < -0.3 is 0 Å². The average molecular weight is 298 g/mol. The predicted octanol–water partition coefficient (Wildman–Crippen LogP) is 4.06. The molecule has 0 heterocycles. The number of rotatable bonds is 1. The fraction of sp³-hybridized carbons (Fsp3) is 0.200. The molecule has 10 heavy (non-hydrogen) atoms. The zero-order valence-electron chi connectivity index (χ0n) is 5.17. The molecule has 0 aliphatic carbocycles. The molecule has 0 aliphatic rings. The van der Waals surface area contributed by atoms with Gasteiger partial charge in [0.1, 0.15) is 0 Å². The van der Waals surface area contributed by atoms with E-state index in [9.17, 15) is 0 Å². The molecule has 0 saturated carbocycles. The summed E-state index contributed by atoms with van der Waals surface area (Å²) in [7, 11) is 9.87. The van der Waals surface area contributed by atoms with E-state index in [1.54, 1.807) is 12.2 Å². The van der Waals surface area contributed by atoms with E-state index in [2.05, 4.69) is 5.54 Å². The third kappa shape index (κ3) is 16.3. The second-order valence-corrected chi connectivity index (χ2v) is 5.34. The van der Waals surface area contributed by atoms with E-state index in [-0.39, 0.29) is 0 Å². The molecule has 0 aromatic rings. The first-order valence-corrected chi connectivity index (χ1v) is 9.29. The van der Waals surface area contributed by atoms with Crippen LogP contribution in [-0.2, 0) is 20.8 Å². The summed E-state index contributed by atoms with van der Waals surface area (Å²) < 4.78 is 0. The van der Waals surface area contributed by atoms with Crippen molar-refractivity contribution in [3.05, 3.63) is 22.7 Å². The van der Waals surface area contributed by atoms with Crippen LogP contribution in [0.2, 0.25) is 0 Å². The summed E-state index contributed by atoms with van der Waals surface area (Å²) in [6, 6.07) is 0. The molecule has 0 spiro atoms. The molecule has 0 nitrogen and oxygen atoms in total. The van der Waals surface area contributed by atoms with Gasteiger partial charge >= 0.3 is 37.9 Å². The summed E-state index contributed by atoms with van der Waals surface area (Å²) in [4.78, 5) is 0. The summed E-state index contributed by atoms with van der Waals surface area (Å²) in [5.74, 6) is 0. The average Bonchev–Trinajstić information content (AvgIpc) is 1.90. The summed E-state index contributed by atoms with van der Waals surface area (Å²) in [5, 5.41) is 0.434. The van der Waals surface area contributed by atoms with E-state index in [1.807, 2.05) is 6.92 Å². The van der Waals surface area contributed by atoms with Crippen LogP contribution in [0.5, 0.6) is 0 Å². The second kappa shape index (κ2) is 13.1. The van der Waals surface area contributed by atoms with Gasteiger partial charge in [-0.15, -0.1) is 16.6 Å². The number of hydrogen-bond acceptors (Lipinski definition) is 0. The van der Waals surface area contributed by atoms with Crippen LogP contribution in [0.25, 0.3) is 0 Å². The molecule has 0 aliphatic heterocycles. The van der Waals surface area contributed by atoms with Gasteiger partial charge in [0.2, 0.25) is 0 Å². The first-order chi connectivity index (χ1) is 4.72. The fourth-order valence-electron chi connectivity index (χ4n) is 0.178. The van der Waals surface area contributed by atoms with Crippen LogP contribution in [0.15, 0.2) is 17.2 Å². The Morgan fingerprint density at radius 3 is 2.00 bits per heavy atom. The molecule has 5 heteroatoms. The molecular weight excluding hydrogens is 293 g/mol. The molecule has 0 saturated heterocycles. The van der Waals surface area contributed by atoms with E-state index in [0.29, 0.717) is 5.03 Å². The van der Waals surface area contributed by atoms with Crippen molar-refractivity contribution >= 4 is 40.2 Å². The zero-order valence-corrected chi connectivity index (χ0v) is 10.6. The van der Waals surface area contributed by atoms with Crippen LogP contribution in [-0.4, -0.2) is 0 Å². The van der Waals surface area contributed by atoms with Crippen LogP contribution in [0.4, 0.5) is 0 Å². The standard InChI is InChI=1S/C5H5Cl2.2ClH.Zr/c1-2-3-5(7)4-6;;;/h2-3H,1H3;2*1H;/q-1;;;+2/p-2. The summed E-state index contributed by atoms with van der Waals surface area (Å²) in [6.07, 6.45) is 3.45. The molecular formula is C5H5Cl4Zr-. The van der Waals surface area contributed by atoms with Crippen LogP contribution >= 0.6 is 40.2 Å². The molecule has 0 rings (SSSR count). The van der Waals surface area contributed by atoms with E-state index >= 15 is 0 Å². The first kappa shape index (κ1) is 14.1. The van der Waals surface area contributed by atoms with Crippen LogP contribution in [0, 0.1) is 5.54 Å². The second-order valence-electron chi connectivity index (χ2n) is 1.01. The van der Waals surface area contributed by atoms with E-state index < -0.39 is 20.8 Å². The number of halogens is 4. The van der Waals surface area contributed by atoms with Crippen molar-refractivity contribution in [1.82, 2.24) is 0 Å². The summed E-state index contributed by atoms with van der Waals surface area (Å²) in [5.41, 5.74) is 2.23. The summed E-state index contributed by atoms with van der Waals surface area (Å²) >= 11 is 9.59. The molecule has 58 valence electrons. The van der Waals surface area contributed by atoms with Gasteiger partial charge in [-0.25, -0.2) is 11.6 Å². The van der Waals surface area contributed by atoms with Gasteiger partial charge in [0.15, 0.2) is 0 Å². The maximum absolute atomic E-state index is 5.35. The van der Waals surface area contributed by atoms with Crippen molar-refractivity contribution in [2.45, 2.75) is 6.92 Å². The Hall–Kier alpha value is 1.52. The van der Waals surface area contributed by atoms with Gasteiger partial charge in [0.05, 0.1) is 0 Å². The van der Waals surface area contributed by atoms with Gasteiger partial charge in [-0.3, -0.25) is 0 Å². The number of hydrogen-bond donors (Lipinski definition) is 0. The molecule has 0 aromatic carbocycles. The Morgan fingerprint density at radius 2 is 1.90 bits per heavy atom. The van der Waals surface area contributed by atoms with E-state index in [1.165, 1.54) is 0 Å². The Morgan fingerprint density at radius 1 is 1.50 bits per heavy atom. The predicted molar refractivity (Wildman–Crippen MR) is 45.0 cm³/mol. The van der Waals surface area contributed by atoms with Crippen LogP contribution in [0.3, 0.4) is 0 Å². The number of allylic oxidation sites excluding steroid dienone is 3. The van der Waals surface area contributed by atoms with Gasteiger partial charge in [-0.2, -0.15) is 17.7 Å². The molecule has 0 fully saturated rings. The SMILES string of the molecule is CC=CC(Cl)=[C-]Cl.[Cl][Zr][Cl]. The van der Waals surface area contributed by atoms with Crippen molar-refractivity contribution in [2.75, 3.05) is 0 Å². The third-order valence-electron chi connectivity index (χ3n) is 0.403. The third-order valence-corrected chi connectivity index (χ3v) is 0.924. The van der Waals surface area contributed by atoms with Gasteiger partial charge in [0, 0.05) is 0 Å². The van der Waals surface area contributed by atoms with Crippen LogP contribution in [0.1, 0.15) is 6.92 Å². The molecule has 0 aromatic heterocycles. The Labute approximate surface area is 89.8 Å². The first-order valence-electron chi connectivity index (χ1n) is 2.21. The molecule has 0 N–H and O–H groups in total. The topological polar surface area (TPSA) is 0 Å². The minimum absolute atomic E-state index is 0.434. The molecule has 0 atom stereocenters. The Balaban J connectivity index is 0. The Kier molecular flexibility index (Phi) is 18.5. The van der Waals surface area contributed by atoms with Crippen molar-refractivity contribution in [2.24, 2.45) is 0 Å². The van der Waals surface area contributed by atoms with Gasteiger partial charge in [-0.05, 0) is 0 Å². The molecule has 0 bridgehead atoms. The summed E-state index contributed by atoms with van der Waals surface area (Å²) in [6.45, 7) is 1.86. The normalized spacial score (nSPS) is 10.7. The fourth-order valence-corrected chi connectivity index (χ4v) is 0.367. The van der Waals surface area contributed by atoms with Crippen molar-refractivity contribution in [1.29, 1.82) is 0 Å². The van der Waals surface area contributed by atoms with Crippen molar-refractivity contribution in [3.63, 3.8) is 0 Å². The molecule has 0 amide bonds. The van der Waals surface area contributed by atoms with Gasteiger partial charge in [-0.1, -0.05) is 6.92 Å². The quantitative estimate of drug-likeness (QED) is 0.506. The van der Waals surface area contributed by atoms with E-state index in [4.69, 9.17) is 40.2 Å². The van der Waals surface area contributed by atoms with E-state index in [0.717, 1.165) is 0 Å². The minimum atomic E-state index is -0.826. The van der Waals surface area contributed by atoms with Gasteiger partial charge in [0.25, 0.3) is 0 Å². The van der Waals surface area contributed by atoms with Crippen molar-refractivity contribution in [3.8, 4) is 0 Å². The maximum atomic E-state index is 5.35. The monoisotopic (exact) mass is 295 g/mol. The molecule has 0 unspecified atom stereocenters. The van der Waals surface area contributed by atoms with Crippen LogP contribution < -0.4 is 0 Å².